The van der Waals surface area contributed by atoms with Crippen molar-refractivity contribution in [2.24, 2.45) is 11.1 Å². The zero-order chi connectivity index (χ0) is 14.0. The van der Waals surface area contributed by atoms with Gasteiger partial charge in [0.1, 0.15) is 0 Å². The Morgan fingerprint density at radius 1 is 1.32 bits per heavy atom. The van der Waals surface area contributed by atoms with Gasteiger partial charge in [0.05, 0.1) is 5.41 Å². The SMILES string of the molecule is CCC(CC)(CN)C(=O)N1CC2CCCN2CC1C. The van der Waals surface area contributed by atoms with E-state index in [1.807, 2.05) is 0 Å². The zero-order valence-corrected chi connectivity index (χ0v) is 12.7. The van der Waals surface area contributed by atoms with E-state index in [4.69, 9.17) is 5.73 Å². The van der Waals surface area contributed by atoms with Crippen molar-refractivity contribution >= 4 is 5.91 Å². The third-order valence-corrected chi connectivity index (χ3v) is 5.40. The largest absolute Gasteiger partial charge is 0.337 e. The highest BCUT2D eigenvalue weighted by Gasteiger charge is 2.43. The Balaban J connectivity index is 2.13. The maximum absolute atomic E-state index is 12.9. The molecule has 0 radical (unpaired) electrons. The van der Waals surface area contributed by atoms with Gasteiger partial charge in [-0.15, -0.1) is 0 Å². The fourth-order valence-electron chi connectivity index (χ4n) is 3.70. The molecule has 0 spiro atoms. The average Bonchev–Trinajstić information content (AvgIpc) is 2.87. The minimum Gasteiger partial charge on any atom is -0.337 e. The van der Waals surface area contributed by atoms with Crippen LogP contribution < -0.4 is 5.73 Å². The Morgan fingerprint density at radius 3 is 2.58 bits per heavy atom. The van der Waals surface area contributed by atoms with Crippen LogP contribution in [0.15, 0.2) is 0 Å². The molecular weight excluding hydrogens is 238 g/mol. The van der Waals surface area contributed by atoms with Crippen LogP contribution in [0, 0.1) is 5.41 Å². The number of piperazine rings is 1. The van der Waals surface area contributed by atoms with Crippen LogP contribution in [0.3, 0.4) is 0 Å². The molecule has 0 aromatic heterocycles. The quantitative estimate of drug-likeness (QED) is 0.838. The van der Waals surface area contributed by atoms with Gasteiger partial charge in [0.25, 0.3) is 0 Å². The molecular formula is C15H29N3O. The second kappa shape index (κ2) is 5.80. The molecule has 0 aromatic rings. The predicted octanol–water partition coefficient (Wildman–Crippen LogP) is 1.45. The summed E-state index contributed by atoms with van der Waals surface area (Å²) in [4.78, 5) is 17.6. The van der Waals surface area contributed by atoms with E-state index < -0.39 is 0 Å². The molecule has 2 fully saturated rings. The van der Waals surface area contributed by atoms with Crippen molar-refractivity contribution in [2.75, 3.05) is 26.2 Å². The Labute approximate surface area is 117 Å². The number of amides is 1. The highest BCUT2D eigenvalue weighted by molar-refractivity contribution is 5.83. The Morgan fingerprint density at radius 2 is 2.00 bits per heavy atom. The molecule has 4 heteroatoms. The van der Waals surface area contributed by atoms with E-state index >= 15 is 0 Å². The van der Waals surface area contributed by atoms with Crippen molar-refractivity contribution in [3.8, 4) is 0 Å². The lowest BCUT2D eigenvalue weighted by molar-refractivity contribution is -0.148. The summed E-state index contributed by atoms with van der Waals surface area (Å²) in [7, 11) is 0. The van der Waals surface area contributed by atoms with E-state index in [-0.39, 0.29) is 5.41 Å². The summed E-state index contributed by atoms with van der Waals surface area (Å²) in [5.74, 6) is 0.291. The lowest BCUT2D eigenvalue weighted by Gasteiger charge is -2.46. The summed E-state index contributed by atoms with van der Waals surface area (Å²) in [5, 5.41) is 0. The van der Waals surface area contributed by atoms with Gasteiger partial charge in [-0.2, -0.15) is 0 Å². The van der Waals surface area contributed by atoms with Gasteiger partial charge in [-0.25, -0.2) is 0 Å². The number of rotatable bonds is 4. The van der Waals surface area contributed by atoms with E-state index in [1.165, 1.54) is 19.4 Å². The van der Waals surface area contributed by atoms with E-state index in [1.54, 1.807) is 0 Å². The maximum atomic E-state index is 12.9. The van der Waals surface area contributed by atoms with E-state index in [0.717, 1.165) is 25.9 Å². The van der Waals surface area contributed by atoms with Gasteiger partial charge in [0.15, 0.2) is 0 Å². The summed E-state index contributed by atoms with van der Waals surface area (Å²) >= 11 is 0. The van der Waals surface area contributed by atoms with E-state index in [9.17, 15) is 4.79 Å². The smallest absolute Gasteiger partial charge is 0.230 e. The standard InChI is InChI=1S/C15H29N3O/c1-4-15(5-2,11-16)14(19)18-10-13-7-6-8-17(13)9-12(18)3/h12-13H,4-11,16H2,1-3H3. The fourth-order valence-corrected chi connectivity index (χ4v) is 3.70. The molecule has 0 aromatic carbocycles. The lowest BCUT2D eigenvalue weighted by atomic mass is 9.80. The van der Waals surface area contributed by atoms with Crippen molar-refractivity contribution in [1.29, 1.82) is 0 Å². The molecule has 0 bridgehead atoms. The molecule has 2 saturated heterocycles. The van der Waals surface area contributed by atoms with Crippen LogP contribution in [0.4, 0.5) is 0 Å². The molecule has 0 aliphatic carbocycles. The molecule has 19 heavy (non-hydrogen) atoms. The molecule has 2 aliphatic heterocycles. The van der Waals surface area contributed by atoms with Crippen LogP contribution in [0.25, 0.3) is 0 Å². The van der Waals surface area contributed by atoms with Crippen LogP contribution >= 0.6 is 0 Å². The number of nitrogens with two attached hydrogens (primary N) is 1. The number of fused-ring (bicyclic) bond motifs is 1. The van der Waals surface area contributed by atoms with Gasteiger partial charge >= 0.3 is 0 Å². The molecule has 110 valence electrons. The average molecular weight is 267 g/mol. The van der Waals surface area contributed by atoms with E-state index in [2.05, 4.69) is 30.6 Å². The molecule has 4 nitrogen and oxygen atoms in total. The Bertz CT molecular complexity index is 319. The second-order valence-corrected chi connectivity index (χ2v) is 6.29. The van der Waals surface area contributed by atoms with Gasteiger partial charge in [-0.05, 0) is 39.2 Å². The fraction of sp³-hybridized carbons (Fsp3) is 0.933. The summed E-state index contributed by atoms with van der Waals surface area (Å²) in [6.45, 7) is 9.97. The molecule has 2 heterocycles. The first-order valence-corrected chi connectivity index (χ1v) is 7.83. The minimum atomic E-state index is -0.338. The first-order chi connectivity index (χ1) is 9.07. The number of carbonyl (C=O) groups is 1. The van der Waals surface area contributed by atoms with Crippen molar-refractivity contribution in [3.05, 3.63) is 0 Å². The number of nitrogens with zero attached hydrogens (tertiary/aromatic N) is 2. The molecule has 2 rings (SSSR count). The number of hydrogen-bond donors (Lipinski definition) is 1. The van der Waals surface area contributed by atoms with E-state index in [0.29, 0.717) is 24.5 Å². The molecule has 2 atom stereocenters. The Hall–Kier alpha value is -0.610. The highest BCUT2D eigenvalue weighted by atomic mass is 16.2. The van der Waals surface area contributed by atoms with Crippen LogP contribution in [0.2, 0.25) is 0 Å². The highest BCUT2D eigenvalue weighted by Crippen LogP contribution is 2.32. The molecule has 1 amide bonds. The minimum absolute atomic E-state index is 0.291. The van der Waals surface area contributed by atoms with Crippen LogP contribution in [-0.4, -0.2) is 54.0 Å². The topological polar surface area (TPSA) is 49.6 Å². The van der Waals surface area contributed by atoms with Gasteiger partial charge in [0, 0.05) is 31.7 Å². The van der Waals surface area contributed by atoms with Crippen LogP contribution in [0.5, 0.6) is 0 Å². The van der Waals surface area contributed by atoms with Crippen molar-refractivity contribution in [2.45, 2.75) is 58.5 Å². The van der Waals surface area contributed by atoms with Gasteiger partial charge in [-0.1, -0.05) is 13.8 Å². The third-order valence-electron chi connectivity index (χ3n) is 5.40. The van der Waals surface area contributed by atoms with Crippen LogP contribution in [0.1, 0.15) is 46.5 Å². The van der Waals surface area contributed by atoms with Crippen molar-refractivity contribution in [3.63, 3.8) is 0 Å². The molecule has 2 N–H and O–H groups in total. The predicted molar refractivity (Wildman–Crippen MR) is 77.8 cm³/mol. The second-order valence-electron chi connectivity index (χ2n) is 6.29. The monoisotopic (exact) mass is 267 g/mol. The van der Waals surface area contributed by atoms with Gasteiger partial charge in [-0.3, -0.25) is 9.69 Å². The Kier molecular flexibility index (Phi) is 4.51. The summed E-state index contributed by atoms with van der Waals surface area (Å²) in [6, 6.07) is 0.912. The normalized spacial score (nSPS) is 28.5. The lowest BCUT2D eigenvalue weighted by Crippen LogP contribution is -2.60. The van der Waals surface area contributed by atoms with Gasteiger partial charge < -0.3 is 10.6 Å². The maximum Gasteiger partial charge on any atom is 0.230 e. The number of hydrogen-bond acceptors (Lipinski definition) is 3. The zero-order valence-electron chi connectivity index (χ0n) is 12.7. The van der Waals surface area contributed by atoms with Crippen molar-refractivity contribution in [1.82, 2.24) is 9.80 Å². The molecule has 0 saturated carbocycles. The summed E-state index contributed by atoms with van der Waals surface area (Å²) in [6.07, 6.45) is 4.21. The molecule has 2 aliphatic rings. The third kappa shape index (κ3) is 2.52. The number of carbonyl (C=O) groups excluding carboxylic acids is 1. The summed E-state index contributed by atoms with van der Waals surface area (Å²) in [5.41, 5.74) is 5.59. The molecule has 2 unspecified atom stereocenters. The first kappa shape index (κ1) is 14.8. The summed E-state index contributed by atoms with van der Waals surface area (Å²) < 4.78 is 0. The first-order valence-electron chi connectivity index (χ1n) is 7.83. The van der Waals surface area contributed by atoms with Gasteiger partial charge in [0.2, 0.25) is 5.91 Å². The van der Waals surface area contributed by atoms with Crippen LogP contribution in [-0.2, 0) is 4.79 Å². The van der Waals surface area contributed by atoms with Crippen molar-refractivity contribution < 1.29 is 4.79 Å².